The highest BCUT2D eigenvalue weighted by atomic mass is 32.1. The summed E-state index contributed by atoms with van der Waals surface area (Å²) < 4.78 is 19.4. The van der Waals surface area contributed by atoms with Crippen LogP contribution in [0.4, 0.5) is 0 Å². The number of carbonyl (C=O) groups excluding carboxylic acids is 5. The van der Waals surface area contributed by atoms with Crippen molar-refractivity contribution in [2.75, 3.05) is 40.0 Å². The third kappa shape index (κ3) is 12.1. The van der Waals surface area contributed by atoms with E-state index in [1.54, 1.807) is 56.9 Å². The first-order chi connectivity index (χ1) is 34.1. The molecule has 5 amide bonds. The van der Waals surface area contributed by atoms with E-state index < -0.39 is 60.4 Å². The monoisotopic (exact) mass is 988 g/mol. The number of thiazole rings is 1. The number of nitrogens with one attached hydrogen (secondary N) is 4. The fourth-order valence-corrected chi connectivity index (χ4v) is 10.3. The van der Waals surface area contributed by atoms with Crippen LogP contribution in [0.15, 0.2) is 66.3 Å². The Bertz CT molecular complexity index is 2740. The summed E-state index contributed by atoms with van der Waals surface area (Å²) in [5.41, 5.74) is 9.34. The van der Waals surface area contributed by atoms with Crippen molar-refractivity contribution < 1.29 is 43.3 Å². The Morgan fingerprint density at radius 1 is 0.944 bits per heavy atom. The fourth-order valence-electron chi connectivity index (χ4n) is 9.45. The Kier molecular flexibility index (Phi) is 15.9. The lowest BCUT2D eigenvalue weighted by atomic mass is 9.85. The lowest BCUT2D eigenvalue weighted by molar-refractivity contribution is -0.145. The number of carbonyl (C=O) groups is 5. The second kappa shape index (κ2) is 22.2. The standard InChI is InChI=1S/C53H64N8O9S/c1-31-43(68-6)22-37(50(65)58-40-17-16-34-14-15-36(21-39(34)40)41-27-60-19-7-9-45(60)57-41)23-44(31)70-20-8-18-54-46(63)28-69-29-47(64)59-49(53(3,4)5)52(67)61-26-38(62)24-42(61)51(66)55-25-33-10-12-35(13-11-33)48-32(2)56-30-71-48/h10-15,21-23,27,30,38,40,42,49,62H,7-9,16-20,24-26,28-29H2,1-6H3,(H,54,63)(H,55,66)(H,58,65)(H,59,64)/t38-,40-,42+,49?/m1/s1. The van der Waals surface area contributed by atoms with Gasteiger partial charge in [0, 0.05) is 61.9 Å². The summed E-state index contributed by atoms with van der Waals surface area (Å²) in [5.74, 6) is -0.0937. The molecule has 1 fully saturated rings. The molecule has 4 atom stereocenters. The SMILES string of the molecule is COc1cc(C(=O)N[C@@H]2CCc3ccc(-c4cn5c(n4)CCC5)cc32)cc(OCCCNC(=O)COCC(=O)NC(C(=O)N2C[C@H](O)C[C@H]2C(=O)NCc2ccc(-c3scnc3C)cc2)C(C)(C)C)c1C. The third-order valence-corrected chi connectivity index (χ3v) is 14.3. The molecule has 2 aliphatic heterocycles. The van der Waals surface area contributed by atoms with Gasteiger partial charge in [-0.15, -0.1) is 11.3 Å². The van der Waals surface area contributed by atoms with E-state index in [0.717, 1.165) is 82.1 Å². The molecule has 5 N–H and O–H groups in total. The van der Waals surface area contributed by atoms with Crippen molar-refractivity contribution in [3.63, 3.8) is 0 Å². The van der Waals surface area contributed by atoms with Crippen LogP contribution in [-0.2, 0) is 49.8 Å². The van der Waals surface area contributed by atoms with Crippen molar-refractivity contribution in [2.24, 2.45) is 5.41 Å². The van der Waals surface area contributed by atoms with Crippen LogP contribution < -0.4 is 30.7 Å². The minimum absolute atomic E-state index is 0.0593. The number of aromatic nitrogens is 3. The molecule has 3 aromatic carbocycles. The zero-order valence-electron chi connectivity index (χ0n) is 41.3. The minimum Gasteiger partial charge on any atom is -0.496 e. The van der Waals surface area contributed by atoms with Crippen molar-refractivity contribution in [2.45, 2.75) is 110 Å². The number of rotatable bonds is 19. The molecule has 2 aromatic heterocycles. The van der Waals surface area contributed by atoms with Gasteiger partial charge in [0.25, 0.3) is 5.91 Å². The Balaban J connectivity index is 0.764. The molecule has 1 saturated heterocycles. The number of aliphatic hydroxyl groups excluding tert-OH is 1. The normalized spacial score (nSPS) is 17.6. The van der Waals surface area contributed by atoms with Crippen LogP contribution >= 0.6 is 11.3 Å². The van der Waals surface area contributed by atoms with E-state index in [2.05, 4.69) is 55.2 Å². The number of likely N-dealkylation sites (tertiary alicyclic amines) is 1. The van der Waals surface area contributed by atoms with Gasteiger partial charge in [-0.25, -0.2) is 9.97 Å². The molecule has 0 radical (unpaired) electrons. The zero-order chi connectivity index (χ0) is 50.4. The molecule has 0 bridgehead atoms. The molecule has 0 spiro atoms. The summed E-state index contributed by atoms with van der Waals surface area (Å²) in [6, 6.07) is 15.5. The van der Waals surface area contributed by atoms with Crippen molar-refractivity contribution in [1.82, 2.24) is 40.7 Å². The van der Waals surface area contributed by atoms with Crippen LogP contribution in [0.25, 0.3) is 21.7 Å². The summed E-state index contributed by atoms with van der Waals surface area (Å²) in [7, 11) is 1.55. The second-order valence-corrected chi connectivity index (χ2v) is 20.5. The summed E-state index contributed by atoms with van der Waals surface area (Å²) in [4.78, 5) is 78.6. The molecular weight excluding hydrogens is 925 g/mol. The van der Waals surface area contributed by atoms with E-state index in [1.165, 1.54) is 10.5 Å². The summed E-state index contributed by atoms with van der Waals surface area (Å²) in [6.07, 6.45) is 5.48. The van der Waals surface area contributed by atoms with Gasteiger partial charge in [-0.3, -0.25) is 24.0 Å². The minimum atomic E-state index is -1.05. The van der Waals surface area contributed by atoms with Crippen molar-refractivity contribution in [3.05, 3.63) is 106 Å². The van der Waals surface area contributed by atoms with Crippen LogP contribution in [0, 0.1) is 19.3 Å². The van der Waals surface area contributed by atoms with Gasteiger partial charge in [-0.2, -0.15) is 0 Å². The highest BCUT2D eigenvalue weighted by molar-refractivity contribution is 7.13. The Labute approximate surface area is 418 Å². The lowest BCUT2D eigenvalue weighted by Crippen LogP contribution is -2.58. The average molecular weight is 989 g/mol. The molecule has 0 saturated carbocycles. The molecular formula is C53H64N8O9S. The van der Waals surface area contributed by atoms with Crippen LogP contribution in [0.5, 0.6) is 11.5 Å². The van der Waals surface area contributed by atoms with E-state index >= 15 is 0 Å². The lowest BCUT2D eigenvalue weighted by Gasteiger charge is -2.35. The van der Waals surface area contributed by atoms with Crippen LogP contribution in [0.2, 0.25) is 0 Å². The molecule has 3 aliphatic rings. The Hall–Kier alpha value is -6.63. The number of aliphatic hydroxyl groups is 1. The van der Waals surface area contributed by atoms with Gasteiger partial charge < -0.3 is 50.1 Å². The van der Waals surface area contributed by atoms with Gasteiger partial charge in [-0.05, 0) is 85.4 Å². The molecule has 376 valence electrons. The van der Waals surface area contributed by atoms with Crippen LogP contribution in [-0.4, -0.2) is 112 Å². The van der Waals surface area contributed by atoms with E-state index in [-0.39, 0.29) is 44.6 Å². The number of fused-ring (bicyclic) bond motifs is 2. The topological polar surface area (TPSA) is 215 Å². The predicted octanol–water partition coefficient (Wildman–Crippen LogP) is 5.37. The van der Waals surface area contributed by atoms with Gasteiger partial charge in [0.2, 0.25) is 23.6 Å². The van der Waals surface area contributed by atoms with E-state index in [9.17, 15) is 29.1 Å². The quantitative estimate of drug-likeness (QED) is 0.0663. The molecule has 71 heavy (non-hydrogen) atoms. The maximum absolute atomic E-state index is 14.0. The summed E-state index contributed by atoms with van der Waals surface area (Å²) >= 11 is 1.56. The smallest absolute Gasteiger partial charge is 0.252 e. The maximum atomic E-state index is 14.0. The van der Waals surface area contributed by atoms with E-state index in [0.29, 0.717) is 23.5 Å². The first-order valence-electron chi connectivity index (χ1n) is 24.3. The maximum Gasteiger partial charge on any atom is 0.252 e. The molecule has 5 aromatic rings. The first-order valence-corrected chi connectivity index (χ1v) is 25.1. The van der Waals surface area contributed by atoms with Gasteiger partial charge in [0.1, 0.15) is 42.6 Å². The van der Waals surface area contributed by atoms with Gasteiger partial charge in [-0.1, -0.05) is 57.2 Å². The number of ether oxygens (including phenoxy) is 3. The average Bonchev–Trinajstić information content (AvgIpc) is 4.20. The van der Waals surface area contributed by atoms with Gasteiger partial charge in [0.15, 0.2) is 0 Å². The molecule has 18 heteroatoms. The molecule has 1 aliphatic carbocycles. The number of β-amino-alcohol motifs (C(OH)–C–C–N with tert-alkyl or cyclic N) is 1. The number of methoxy groups -OCH3 is 1. The van der Waals surface area contributed by atoms with Crippen LogP contribution in [0.3, 0.4) is 0 Å². The Morgan fingerprint density at radius 2 is 1.70 bits per heavy atom. The molecule has 17 nitrogen and oxygen atoms in total. The number of nitrogens with zero attached hydrogens (tertiary/aromatic N) is 4. The largest absolute Gasteiger partial charge is 0.496 e. The number of hydrogen-bond acceptors (Lipinski definition) is 12. The number of amides is 5. The second-order valence-electron chi connectivity index (χ2n) is 19.6. The van der Waals surface area contributed by atoms with Crippen molar-refractivity contribution in [3.8, 4) is 33.2 Å². The summed E-state index contributed by atoms with van der Waals surface area (Å²) in [5, 5.41) is 22.2. The molecule has 8 rings (SSSR count). The number of hydrogen-bond donors (Lipinski definition) is 5. The predicted molar refractivity (Wildman–Crippen MR) is 268 cm³/mol. The summed E-state index contributed by atoms with van der Waals surface area (Å²) in [6.45, 7) is 9.93. The fraction of sp³-hybridized carbons (Fsp3) is 0.453. The number of imidazole rings is 1. The van der Waals surface area contributed by atoms with Crippen molar-refractivity contribution >= 4 is 40.9 Å². The third-order valence-electron chi connectivity index (χ3n) is 13.4. The van der Waals surface area contributed by atoms with E-state index in [1.807, 2.05) is 38.1 Å². The van der Waals surface area contributed by atoms with Gasteiger partial charge in [0.05, 0.1) is 47.6 Å². The van der Waals surface area contributed by atoms with Gasteiger partial charge >= 0.3 is 0 Å². The Morgan fingerprint density at radius 3 is 2.44 bits per heavy atom. The molecule has 4 heterocycles. The van der Waals surface area contributed by atoms with Crippen molar-refractivity contribution in [1.29, 1.82) is 0 Å². The number of aryl methyl sites for hydroxylation is 4. The molecule has 1 unspecified atom stereocenters. The highest BCUT2D eigenvalue weighted by Crippen LogP contribution is 2.36. The first kappa shape index (κ1) is 50.7. The zero-order valence-corrected chi connectivity index (χ0v) is 42.1. The van der Waals surface area contributed by atoms with E-state index in [4.69, 9.17) is 19.2 Å². The number of benzene rings is 3. The highest BCUT2D eigenvalue weighted by Gasteiger charge is 2.44. The van der Waals surface area contributed by atoms with Crippen LogP contribution in [0.1, 0.15) is 96.6 Å².